The molecule has 0 atom stereocenters. The second kappa shape index (κ2) is 8.95. The zero-order valence-corrected chi connectivity index (χ0v) is 14.5. The lowest BCUT2D eigenvalue weighted by Gasteiger charge is -2.34. The van der Waals surface area contributed by atoms with E-state index in [-0.39, 0.29) is 36.6 Å². The summed E-state index contributed by atoms with van der Waals surface area (Å²) in [5.74, 6) is -0.411. The number of piperazine rings is 1. The first-order valence-corrected chi connectivity index (χ1v) is 8.27. The number of nitrogens with zero attached hydrogens (tertiary/aromatic N) is 4. The molecule has 0 saturated carbocycles. The van der Waals surface area contributed by atoms with Crippen LogP contribution < -0.4 is 5.32 Å². The van der Waals surface area contributed by atoms with Gasteiger partial charge in [-0.15, -0.1) is 0 Å². The molecule has 25 heavy (non-hydrogen) atoms. The molecule has 136 valence electrons. The van der Waals surface area contributed by atoms with Crippen molar-refractivity contribution in [2.45, 2.75) is 20.3 Å². The Morgan fingerprint density at radius 3 is 2.40 bits per heavy atom. The number of aryl methyl sites for hydroxylation is 1. The molecule has 0 radical (unpaired) electrons. The second-order valence-corrected chi connectivity index (χ2v) is 5.62. The van der Waals surface area contributed by atoms with Crippen LogP contribution >= 0.6 is 0 Å². The standard InChI is InChI=1S/C16H23N5O4/c1-3-25-16(24)21-8-6-20(7-9-21)14(22)4-5-17-15(23)13-11-18-12(2)10-19-13/h10-11H,3-9H2,1-2H3,(H,17,23). The van der Waals surface area contributed by atoms with Crippen LogP contribution in [-0.4, -0.2) is 77.0 Å². The number of nitrogens with one attached hydrogen (secondary N) is 1. The number of carbonyl (C=O) groups is 3. The maximum absolute atomic E-state index is 12.2. The number of hydrogen-bond donors (Lipinski definition) is 1. The topological polar surface area (TPSA) is 105 Å². The van der Waals surface area contributed by atoms with Crippen molar-refractivity contribution >= 4 is 17.9 Å². The number of ether oxygens (including phenoxy) is 1. The van der Waals surface area contributed by atoms with Gasteiger partial charge in [-0.2, -0.15) is 0 Å². The third-order valence-corrected chi connectivity index (χ3v) is 3.80. The predicted molar refractivity (Wildman–Crippen MR) is 88.9 cm³/mol. The highest BCUT2D eigenvalue weighted by Crippen LogP contribution is 2.05. The van der Waals surface area contributed by atoms with Gasteiger partial charge in [0.2, 0.25) is 5.91 Å². The van der Waals surface area contributed by atoms with Crippen LogP contribution in [0, 0.1) is 6.92 Å². The minimum Gasteiger partial charge on any atom is -0.450 e. The summed E-state index contributed by atoms with van der Waals surface area (Å²) in [6.07, 6.45) is 2.77. The number of rotatable bonds is 5. The average Bonchev–Trinajstić information content (AvgIpc) is 2.62. The van der Waals surface area contributed by atoms with Crippen LogP contribution in [0.5, 0.6) is 0 Å². The molecule has 0 unspecified atom stereocenters. The third kappa shape index (κ3) is 5.40. The summed E-state index contributed by atoms with van der Waals surface area (Å²) in [5.41, 5.74) is 0.954. The first kappa shape index (κ1) is 18.6. The summed E-state index contributed by atoms with van der Waals surface area (Å²) in [4.78, 5) is 47.0. The Balaban J connectivity index is 1.70. The van der Waals surface area contributed by atoms with Gasteiger partial charge < -0.3 is 19.9 Å². The number of hydrogen-bond acceptors (Lipinski definition) is 6. The van der Waals surface area contributed by atoms with Crippen LogP contribution in [0.1, 0.15) is 29.5 Å². The summed E-state index contributed by atoms with van der Waals surface area (Å²) < 4.78 is 4.94. The van der Waals surface area contributed by atoms with Crippen molar-refractivity contribution in [2.24, 2.45) is 0 Å². The van der Waals surface area contributed by atoms with Gasteiger partial charge in [0.1, 0.15) is 5.69 Å². The lowest BCUT2D eigenvalue weighted by molar-refractivity contribution is -0.132. The fraction of sp³-hybridized carbons (Fsp3) is 0.562. The Morgan fingerprint density at radius 2 is 1.80 bits per heavy atom. The lowest BCUT2D eigenvalue weighted by Crippen LogP contribution is -2.51. The molecule has 1 fully saturated rings. The van der Waals surface area contributed by atoms with Gasteiger partial charge >= 0.3 is 6.09 Å². The number of amides is 3. The Labute approximate surface area is 146 Å². The predicted octanol–water partition coefficient (Wildman–Crippen LogP) is 0.206. The molecular weight excluding hydrogens is 326 g/mol. The molecule has 0 aromatic carbocycles. The van der Waals surface area contributed by atoms with Crippen molar-refractivity contribution in [1.82, 2.24) is 25.1 Å². The molecule has 1 aromatic heterocycles. The number of aromatic nitrogens is 2. The molecule has 0 bridgehead atoms. The molecule has 2 rings (SSSR count). The fourth-order valence-corrected chi connectivity index (χ4v) is 2.39. The molecule has 1 aliphatic rings. The lowest BCUT2D eigenvalue weighted by atomic mass is 10.3. The van der Waals surface area contributed by atoms with E-state index in [1.807, 2.05) is 0 Å². The van der Waals surface area contributed by atoms with Gasteiger partial charge in [-0.1, -0.05) is 0 Å². The molecule has 1 saturated heterocycles. The first-order chi connectivity index (χ1) is 12.0. The van der Waals surface area contributed by atoms with Crippen LogP contribution in [0.4, 0.5) is 4.79 Å². The normalized spacial score (nSPS) is 14.2. The van der Waals surface area contributed by atoms with E-state index in [1.165, 1.54) is 12.4 Å². The summed E-state index contributed by atoms with van der Waals surface area (Å²) in [5, 5.41) is 2.66. The van der Waals surface area contributed by atoms with E-state index in [0.29, 0.717) is 32.8 Å². The Bertz CT molecular complexity index is 611. The Kier molecular flexibility index (Phi) is 6.67. The zero-order chi connectivity index (χ0) is 18.2. The van der Waals surface area contributed by atoms with Crippen LogP contribution in [0.2, 0.25) is 0 Å². The summed E-state index contributed by atoms with van der Waals surface area (Å²) in [6.45, 7) is 5.95. The van der Waals surface area contributed by atoms with Gasteiger partial charge in [0.15, 0.2) is 0 Å². The molecule has 0 aliphatic carbocycles. The van der Waals surface area contributed by atoms with E-state index in [4.69, 9.17) is 4.74 Å². The summed E-state index contributed by atoms with van der Waals surface area (Å²) in [6, 6.07) is 0. The Morgan fingerprint density at radius 1 is 1.12 bits per heavy atom. The quantitative estimate of drug-likeness (QED) is 0.814. The first-order valence-electron chi connectivity index (χ1n) is 8.27. The average molecular weight is 349 g/mol. The van der Waals surface area contributed by atoms with Crippen LogP contribution in [0.25, 0.3) is 0 Å². The highest BCUT2D eigenvalue weighted by molar-refractivity contribution is 5.92. The van der Waals surface area contributed by atoms with Gasteiger partial charge in [0.05, 0.1) is 18.5 Å². The second-order valence-electron chi connectivity index (χ2n) is 5.62. The fourth-order valence-electron chi connectivity index (χ4n) is 2.39. The van der Waals surface area contributed by atoms with Crippen molar-refractivity contribution in [3.05, 3.63) is 23.8 Å². The third-order valence-electron chi connectivity index (χ3n) is 3.80. The molecule has 9 heteroatoms. The van der Waals surface area contributed by atoms with Crippen LogP contribution in [0.3, 0.4) is 0 Å². The van der Waals surface area contributed by atoms with Crippen LogP contribution in [-0.2, 0) is 9.53 Å². The Hall–Kier alpha value is -2.71. The van der Waals surface area contributed by atoms with E-state index in [0.717, 1.165) is 5.69 Å². The number of carbonyl (C=O) groups excluding carboxylic acids is 3. The largest absolute Gasteiger partial charge is 0.450 e. The van der Waals surface area contributed by atoms with Gasteiger partial charge in [-0.25, -0.2) is 9.78 Å². The molecule has 0 spiro atoms. The summed E-state index contributed by atoms with van der Waals surface area (Å²) >= 11 is 0. The smallest absolute Gasteiger partial charge is 0.409 e. The SMILES string of the molecule is CCOC(=O)N1CCN(C(=O)CCNC(=O)c2cnc(C)cn2)CC1. The summed E-state index contributed by atoms with van der Waals surface area (Å²) in [7, 11) is 0. The van der Waals surface area contributed by atoms with E-state index in [1.54, 1.807) is 23.6 Å². The van der Waals surface area contributed by atoms with Gasteiger partial charge in [-0.05, 0) is 13.8 Å². The van der Waals surface area contributed by atoms with E-state index in [9.17, 15) is 14.4 Å². The van der Waals surface area contributed by atoms with Gasteiger partial charge in [0.25, 0.3) is 5.91 Å². The highest BCUT2D eigenvalue weighted by Gasteiger charge is 2.24. The molecule has 2 heterocycles. The van der Waals surface area contributed by atoms with E-state index in [2.05, 4.69) is 15.3 Å². The van der Waals surface area contributed by atoms with E-state index >= 15 is 0 Å². The minimum absolute atomic E-state index is 0.0567. The maximum Gasteiger partial charge on any atom is 0.409 e. The molecular formula is C16H23N5O4. The van der Waals surface area contributed by atoms with Gasteiger partial charge in [0, 0.05) is 45.3 Å². The van der Waals surface area contributed by atoms with Crippen LogP contribution in [0.15, 0.2) is 12.4 Å². The maximum atomic E-state index is 12.2. The van der Waals surface area contributed by atoms with Gasteiger partial charge in [-0.3, -0.25) is 14.6 Å². The monoisotopic (exact) mass is 349 g/mol. The molecule has 1 N–H and O–H groups in total. The zero-order valence-electron chi connectivity index (χ0n) is 14.5. The highest BCUT2D eigenvalue weighted by atomic mass is 16.6. The van der Waals surface area contributed by atoms with Crippen molar-refractivity contribution < 1.29 is 19.1 Å². The van der Waals surface area contributed by atoms with Crippen molar-refractivity contribution in [3.8, 4) is 0 Å². The molecule has 1 aromatic rings. The van der Waals surface area contributed by atoms with Crippen molar-refractivity contribution in [2.75, 3.05) is 39.3 Å². The molecule has 3 amide bonds. The van der Waals surface area contributed by atoms with E-state index < -0.39 is 0 Å². The molecule has 1 aliphatic heterocycles. The molecule has 9 nitrogen and oxygen atoms in total. The van der Waals surface area contributed by atoms with Crippen molar-refractivity contribution in [1.29, 1.82) is 0 Å². The van der Waals surface area contributed by atoms with Crippen molar-refractivity contribution in [3.63, 3.8) is 0 Å². The minimum atomic E-state index is -0.354.